The maximum absolute atomic E-state index is 15.3. The molecule has 0 saturated carbocycles. The molecule has 3 amide bonds. The highest BCUT2D eigenvalue weighted by molar-refractivity contribution is 7.92. The number of imide groups is 1. The Balaban J connectivity index is 0.950. The Morgan fingerprint density at radius 2 is 1.69 bits per heavy atom. The number of piperidine rings is 2. The molecule has 3 aliphatic rings. The Hall–Kier alpha value is -5.96. The number of alkyl halides is 3. The lowest BCUT2D eigenvalue weighted by molar-refractivity contribution is -0.138. The number of rotatable bonds is 12. The van der Waals surface area contributed by atoms with Gasteiger partial charge in [0.2, 0.25) is 27.8 Å². The molecule has 2 saturated heterocycles. The Labute approximate surface area is 337 Å². The number of amides is 3. The van der Waals surface area contributed by atoms with Gasteiger partial charge in [-0.2, -0.15) is 18.2 Å². The van der Waals surface area contributed by atoms with Crippen LogP contribution in [-0.4, -0.2) is 101 Å². The molecule has 2 aromatic carbocycles. The van der Waals surface area contributed by atoms with Crippen LogP contribution in [0.3, 0.4) is 0 Å². The normalized spacial score (nSPS) is 17.6. The van der Waals surface area contributed by atoms with Gasteiger partial charge in [-0.25, -0.2) is 22.8 Å². The van der Waals surface area contributed by atoms with Crippen molar-refractivity contribution in [1.29, 1.82) is 0 Å². The minimum Gasteiger partial charge on any atom is -0.371 e. The van der Waals surface area contributed by atoms with E-state index in [1.807, 2.05) is 19.2 Å². The van der Waals surface area contributed by atoms with Crippen molar-refractivity contribution in [2.45, 2.75) is 63.6 Å². The van der Waals surface area contributed by atoms with Crippen LogP contribution < -0.4 is 25.2 Å². The van der Waals surface area contributed by atoms with E-state index in [-0.39, 0.29) is 67.8 Å². The molecule has 2 fully saturated rings. The Bertz CT molecular complexity index is 2380. The quantitative estimate of drug-likeness (QED) is 0.137. The SMILES string of the molecule is CN(Cc1cc2c(cc1F)CN(C1CCC(=O)NC1=O)C2=O)C1CCN(c2ccc(Nc3ncc(C(F)(F)F)c(NCc4nccnc4N(C)S(C)(=O)=O)n3)cc2)CC1. The van der Waals surface area contributed by atoms with Gasteiger partial charge in [0.1, 0.15) is 28.9 Å². The van der Waals surface area contributed by atoms with Crippen LogP contribution in [0.15, 0.2) is 55.0 Å². The molecule has 0 spiro atoms. The van der Waals surface area contributed by atoms with Gasteiger partial charge in [-0.3, -0.25) is 33.9 Å². The van der Waals surface area contributed by atoms with E-state index < -0.39 is 45.3 Å². The Kier molecular flexibility index (Phi) is 11.4. The third-order valence-electron chi connectivity index (χ3n) is 10.8. The number of nitrogens with one attached hydrogen (secondary N) is 3. The van der Waals surface area contributed by atoms with E-state index >= 15 is 4.39 Å². The average Bonchev–Trinajstić information content (AvgIpc) is 3.50. The molecule has 2 aromatic heterocycles. The van der Waals surface area contributed by atoms with Crippen molar-refractivity contribution >= 4 is 56.7 Å². The second kappa shape index (κ2) is 16.4. The number of halogens is 4. The van der Waals surface area contributed by atoms with E-state index in [0.717, 1.165) is 29.1 Å². The molecule has 21 heteroatoms. The fourth-order valence-electron chi connectivity index (χ4n) is 7.45. The fourth-order valence-corrected chi connectivity index (χ4v) is 7.92. The first-order chi connectivity index (χ1) is 28.0. The summed E-state index contributed by atoms with van der Waals surface area (Å²) in [5.41, 5.74) is 1.67. The van der Waals surface area contributed by atoms with Gasteiger partial charge in [-0.15, -0.1) is 0 Å². The highest BCUT2D eigenvalue weighted by Gasteiger charge is 2.40. The lowest BCUT2D eigenvalue weighted by atomic mass is 10.0. The van der Waals surface area contributed by atoms with Crippen molar-refractivity contribution in [1.82, 2.24) is 35.1 Å². The van der Waals surface area contributed by atoms with Crippen LogP contribution in [0.25, 0.3) is 0 Å². The number of sulfonamides is 1. The second-order valence-electron chi connectivity index (χ2n) is 14.7. The minimum absolute atomic E-state index is 0.0494. The van der Waals surface area contributed by atoms with Crippen LogP contribution in [0.1, 0.15) is 58.4 Å². The van der Waals surface area contributed by atoms with Gasteiger partial charge >= 0.3 is 6.18 Å². The number of anilines is 5. The summed E-state index contributed by atoms with van der Waals surface area (Å²) in [6.45, 7) is 1.48. The Morgan fingerprint density at radius 3 is 2.37 bits per heavy atom. The zero-order valence-electron chi connectivity index (χ0n) is 32.3. The number of hydrogen-bond acceptors (Lipinski definition) is 13. The molecule has 59 heavy (non-hydrogen) atoms. The molecule has 3 N–H and O–H groups in total. The van der Waals surface area contributed by atoms with Crippen LogP contribution in [0, 0.1) is 5.82 Å². The van der Waals surface area contributed by atoms with E-state index in [9.17, 15) is 36.0 Å². The van der Waals surface area contributed by atoms with Crippen LogP contribution in [0.5, 0.6) is 0 Å². The van der Waals surface area contributed by atoms with E-state index in [2.05, 4.69) is 45.7 Å². The third-order valence-corrected chi connectivity index (χ3v) is 11.9. The molecule has 0 bridgehead atoms. The van der Waals surface area contributed by atoms with Crippen LogP contribution in [-0.2, 0) is 45.4 Å². The minimum atomic E-state index is -4.79. The monoisotopic (exact) mass is 839 g/mol. The lowest BCUT2D eigenvalue weighted by Gasteiger charge is -2.38. The van der Waals surface area contributed by atoms with Gasteiger partial charge in [0.25, 0.3) is 5.91 Å². The van der Waals surface area contributed by atoms with E-state index in [4.69, 9.17) is 0 Å². The van der Waals surface area contributed by atoms with Crippen molar-refractivity contribution in [3.05, 3.63) is 88.8 Å². The number of hydrogen-bond donors (Lipinski definition) is 3. The molecule has 1 unspecified atom stereocenters. The van der Waals surface area contributed by atoms with E-state index in [0.29, 0.717) is 41.7 Å². The summed E-state index contributed by atoms with van der Waals surface area (Å²) >= 11 is 0. The molecule has 5 heterocycles. The molecule has 7 rings (SSSR count). The van der Waals surface area contributed by atoms with Crippen molar-refractivity contribution in [3.63, 3.8) is 0 Å². The first-order valence-corrected chi connectivity index (χ1v) is 20.5. The highest BCUT2D eigenvalue weighted by Crippen LogP contribution is 2.35. The van der Waals surface area contributed by atoms with Crippen molar-refractivity contribution < 1.29 is 40.4 Å². The van der Waals surface area contributed by atoms with Crippen LogP contribution in [0.2, 0.25) is 0 Å². The number of aromatic nitrogens is 4. The number of carbonyl (C=O) groups is 3. The predicted octanol–water partition coefficient (Wildman–Crippen LogP) is 4.04. The van der Waals surface area contributed by atoms with Gasteiger partial charge in [0, 0.05) is 86.8 Å². The van der Waals surface area contributed by atoms with Crippen LogP contribution in [0.4, 0.5) is 46.5 Å². The van der Waals surface area contributed by atoms with E-state index in [1.54, 1.807) is 18.2 Å². The topological polar surface area (TPSA) is 186 Å². The maximum Gasteiger partial charge on any atom is 0.421 e. The van der Waals surface area contributed by atoms with Crippen molar-refractivity contribution in [2.75, 3.05) is 53.3 Å². The fraction of sp³-hybridized carbons (Fsp3) is 0.395. The Morgan fingerprint density at radius 1 is 0.983 bits per heavy atom. The molecule has 0 radical (unpaired) electrons. The maximum atomic E-state index is 15.3. The number of carbonyl (C=O) groups excluding carboxylic acids is 3. The average molecular weight is 840 g/mol. The van der Waals surface area contributed by atoms with E-state index in [1.165, 1.54) is 30.4 Å². The second-order valence-corrected chi connectivity index (χ2v) is 16.7. The van der Waals surface area contributed by atoms with Gasteiger partial charge in [-0.05, 0) is 68.3 Å². The summed E-state index contributed by atoms with van der Waals surface area (Å²) in [6.07, 6.45) is 1.32. The molecule has 16 nitrogen and oxygen atoms in total. The number of benzene rings is 2. The number of fused-ring (bicyclic) bond motifs is 1. The smallest absolute Gasteiger partial charge is 0.371 e. The third kappa shape index (κ3) is 9.04. The summed E-state index contributed by atoms with van der Waals surface area (Å²) in [5.74, 6) is -2.38. The summed E-state index contributed by atoms with van der Waals surface area (Å²) < 4.78 is 82.2. The van der Waals surface area contributed by atoms with Gasteiger partial charge in [0.05, 0.1) is 12.8 Å². The van der Waals surface area contributed by atoms with Crippen molar-refractivity contribution in [3.8, 4) is 0 Å². The van der Waals surface area contributed by atoms with Gasteiger partial charge < -0.3 is 20.4 Å². The summed E-state index contributed by atoms with van der Waals surface area (Å²) in [6, 6.07) is 9.56. The summed E-state index contributed by atoms with van der Waals surface area (Å²) in [7, 11) is -0.546. The number of nitrogens with zero attached hydrogens (tertiary/aromatic N) is 8. The first-order valence-electron chi connectivity index (χ1n) is 18.7. The standard InChI is InChI=1S/C38H41F4N11O5S/c1-50(20-23-16-27-22(17-29(23)39)21-53(36(27)56)31-8-9-32(54)48-35(31)55)25-10-14-52(15-11-25)26-6-4-24(5-7-26)47-37-46-18-28(38(40,41)42)33(49-37)45-19-30-34(44-13-12-43-30)51(2)59(3,57)58/h4-7,12-13,16-18,25,31H,8-11,14-15,19-21H2,1-3H3,(H,48,54,55)(H2,45,46,47,49). The molecule has 3 aliphatic heterocycles. The molecular weight excluding hydrogens is 799 g/mol. The molecule has 1 atom stereocenters. The molecule has 312 valence electrons. The summed E-state index contributed by atoms with van der Waals surface area (Å²) in [4.78, 5) is 59.1. The zero-order chi connectivity index (χ0) is 42.2. The van der Waals surface area contributed by atoms with Gasteiger partial charge in [-0.1, -0.05) is 0 Å². The van der Waals surface area contributed by atoms with Crippen LogP contribution >= 0.6 is 0 Å². The molecule has 0 aliphatic carbocycles. The van der Waals surface area contributed by atoms with Gasteiger partial charge in [0.15, 0.2) is 5.82 Å². The molecular formula is C38H41F4N11O5S. The largest absolute Gasteiger partial charge is 0.421 e. The molecule has 4 aromatic rings. The lowest BCUT2D eigenvalue weighted by Crippen LogP contribution is -2.52. The zero-order valence-corrected chi connectivity index (χ0v) is 33.1. The highest BCUT2D eigenvalue weighted by atomic mass is 32.2. The predicted molar refractivity (Wildman–Crippen MR) is 209 cm³/mol. The van der Waals surface area contributed by atoms with Crippen molar-refractivity contribution in [2.24, 2.45) is 0 Å². The summed E-state index contributed by atoms with van der Waals surface area (Å²) in [5, 5.41) is 7.83. The first kappa shape index (κ1) is 41.2.